The lowest BCUT2D eigenvalue weighted by molar-refractivity contribution is 0.0998. The second-order valence-electron chi connectivity index (χ2n) is 6.83. The molecule has 3 aromatic rings. The molecule has 6 heteroatoms. The van der Waals surface area contributed by atoms with Crippen LogP contribution in [0.5, 0.6) is 0 Å². The van der Waals surface area contributed by atoms with Gasteiger partial charge in [-0.2, -0.15) is 0 Å². The third kappa shape index (κ3) is 3.27. The quantitative estimate of drug-likeness (QED) is 0.627. The first kappa shape index (κ1) is 17.2. The van der Waals surface area contributed by atoms with E-state index in [0.717, 1.165) is 35.3 Å². The van der Waals surface area contributed by atoms with Crippen molar-refractivity contribution < 1.29 is 9.90 Å². The van der Waals surface area contributed by atoms with Gasteiger partial charge in [0, 0.05) is 22.2 Å². The minimum atomic E-state index is -0.501. The predicted molar refractivity (Wildman–Crippen MR) is 104 cm³/mol. The van der Waals surface area contributed by atoms with E-state index in [1.165, 1.54) is 0 Å². The number of carbonyl (C=O) groups is 1. The Hall–Kier alpha value is -3.25. The molecule has 0 saturated heterocycles. The number of hydrogen-bond donors (Lipinski definition) is 3. The van der Waals surface area contributed by atoms with E-state index in [2.05, 4.69) is 15.5 Å². The Labute approximate surface area is 157 Å². The fraction of sp³-hybridized carbons (Fsp3) is 0.190. The first-order valence-corrected chi connectivity index (χ1v) is 8.83. The number of rotatable bonds is 6. The molecule has 0 aliphatic heterocycles. The molecule has 1 aliphatic rings. The zero-order valence-electron chi connectivity index (χ0n) is 14.7. The number of nitrogens with zero attached hydrogens (tertiary/aromatic N) is 2. The van der Waals surface area contributed by atoms with Gasteiger partial charge in [0.15, 0.2) is 5.82 Å². The van der Waals surface area contributed by atoms with Crippen LogP contribution in [-0.2, 0) is 5.41 Å². The van der Waals surface area contributed by atoms with Crippen LogP contribution < -0.4 is 11.1 Å². The molecule has 4 rings (SSSR count). The predicted octanol–water partition coefficient (Wildman–Crippen LogP) is 3.01. The van der Waals surface area contributed by atoms with Gasteiger partial charge in [-0.05, 0) is 42.7 Å². The zero-order valence-corrected chi connectivity index (χ0v) is 14.7. The lowest BCUT2D eigenvalue weighted by Crippen LogP contribution is -2.22. The molecule has 0 atom stereocenters. The highest BCUT2D eigenvalue weighted by Gasteiger charge is 2.47. The number of aliphatic hydroxyl groups excluding tert-OH is 1. The number of aromatic nitrogens is 2. The second-order valence-corrected chi connectivity index (χ2v) is 6.83. The third-order valence-electron chi connectivity index (χ3n) is 5.01. The highest BCUT2D eigenvalue weighted by atomic mass is 16.3. The molecule has 1 amide bonds. The molecule has 0 unspecified atom stereocenters. The number of nitrogens with one attached hydrogen (secondary N) is 1. The van der Waals surface area contributed by atoms with Gasteiger partial charge in [-0.15, -0.1) is 10.2 Å². The van der Waals surface area contributed by atoms with E-state index in [0.29, 0.717) is 11.4 Å². The van der Waals surface area contributed by atoms with Crippen molar-refractivity contribution in [1.82, 2.24) is 10.2 Å². The van der Waals surface area contributed by atoms with Crippen LogP contribution in [0.2, 0.25) is 0 Å². The minimum absolute atomic E-state index is 0.0232. The lowest BCUT2D eigenvalue weighted by Gasteiger charge is -2.21. The van der Waals surface area contributed by atoms with Crippen molar-refractivity contribution >= 4 is 17.4 Å². The molecule has 1 aliphatic carbocycles. The molecular formula is C21H20N4O2. The van der Waals surface area contributed by atoms with Crippen LogP contribution in [0.25, 0.3) is 11.3 Å². The molecule has 6 nitrogen and oxygen atoms in total. The van der Waals surface area contributed by atoms with Gasteiger partial charge in [0.05, 0.1) is 12.3 Å². The summed E-state index contributed by atoms with van der Waals surface area (Å²) in [6.45, 7) is -0.0232. The number of primary amides is 1. The van der Waals surface area contributed by atoms with Crippen molar-refractivity contribution in [3.05, 3.63) is 71.8 Å². The molecule has 1 aromatic heterocycles. The average molecular weight is 360 g/mol. The van der Waals surface area contributed by atoms with Crippen LogP contribution in [0, 0.1) is 0 Å². The van der Waals surface area contributed by atoms with Gasteiger partial charge in [0.25, 0.3) is 0 Å². The number of anilines is 2. The maximum Gasteiger partial charge on any atom is 0.249 e. The molecule has 4 N–H and O–H groups in total. The number of hydrogen-bond acceptors (Lipinski definition) is 5. The van der Waals surface area contributed by atoms with Crippen molar-refractivity contribution in [1.29, 1.82) is 0 Å². The molecule has 136 valence electrons. The summed E-state index contributed by atoms with van der Waals surface area (Å²) in [7, 11) is 0. The van der Waals surface area contributed by atoms with Gasteiger partial charge < -0.3 is 16.2 Å². The smallest absolute Gasteiger partial charge is 0.249 e. The number of carbonyl (C=O) groups excluding carboxylic acids is 1. The van der Waals surface area contributed by atoms with Crippen molar-refractivity contribution in [3.8, 4) is 11.3 Å². The van der Waals surface area contributed by atoms with Gasteiger partial charge in [-0.3, -0.25) is 4.79 Å². The Morgan fingerprint density at radius 3 is 2.41 bits per heavy atom. The van der Waals surface area contributed by atoms with E-state index in [1.807, 2.05) is 48.5 Å². The van der Waals surface area contributed by atoms with E-state index in [1.54, 1.807) is 12.1 Å². The Morgan fingerprint density at radius 2 is 1.81 bits per heavy atom. The van der Waals surface area contributed by atoms with Gasteiger partial charge in [-0.25, -0.2) is 0 Å². The lowest BCUT2D eigenvalue weighted by atomic mass is 9.89. The van der Waals surface area contributed by atoms with Gasteiger partial charge in [-0.1, -0.05) is 36.4 Å². The average Bonchev–Trinajstić information content (AvgIpc) is 3.50. The van der Waals surface area contributed by atoms with Crippen molar-refractivity contribution in [2.45, 2.75) is 18.3 Å². The molecule has 1 heterocycles. The number of amides is 1. The third-order valence-corrected chi connectivity index (χ3v) is 5.01. The van der Waals surface area contributed by atoms with Gasteiger partial charge >= 0.3 is 0 Å². The fourth-order valence-corrected chi connectivity index (χ4v) is 3.37. The van der Waals surface area contributed by atoms with Gasteiger partial charge in [0.1, 0.15) is 0 Å². The van der Waals surface area contributed by atoms with Crippen LogP contribution in [0.15, 0.2) is 60.7 Å². The molecule has 0 radical (unpaired) electrons. The molecule has 1 saturated carbocycles. The summed E-state index contributed by atoms with van der Waals surface area (Å²) in [5.41, 5.74) is 8.83. The highest BCUT2D eigenvalue weighted by Crippen LogP contribution is 2.51. The number of aliphatic hydroxyl groups is 1. The first-order chi connectivity index (χ1) is 13.1. The zero-order chi connectivity index (χ0) is 18.9. The SMILES string of the molecule is NC(=O)c1cccc(Nc2ccc(-c3ccccc3)nn2)c1C1(CO)CC1. The van der Waals surface area contributed by atoms with Crippen LogP contribution in [0.4, 0.5) is 11.5 Å². The Morgan fingerprint density at radius 1 is 1.04 bits per heavy atom. The molecule has 1 fully saturated rings. The molecular weight excluding hydrogens is 340 g/mol. The van der Waals surface area contributed by atoms with Crippen LogP contribution in [0.1, 0.15) is 28.8 Å². The Bertz CT molecular complexity index is 967. The summed E-state index contributed by atoms with van der Waals surface area (Å²) in [6.07, 6.45) is 1.64. The minimum Gasteiger partial charge on any atom is -0.395 e. The van der Waals surface area contributed by atoms with E-state index in [9.17, 15) is 9.90 Å². The Kier molecular flexibility index (Phi) is 4.33. The van der Waals surface area contributed by atoms with E-state index < -0.39 is 11.3 Å². The topological polar surface area (TPSA) is 101 Å². The summed E-state index contributed by atoms with van der Waals surface area (Å²) < 4.78 is 0. The van der Waals surface area contributed by atoms with Crippen LogP contribution in [-0.4, -0.2) is 27.8 Å². The van der Waals surface area contributed by atoms with Crippen LogP contribution >= 0.6 is 0 Å². The van der Waals surface area contributed by atoms with Crippen molar-refractivity contribution in [2.75, 3.05) is 11.9 Å². The van der Waals surface area contributed by atoms with Gasteiger partial charge in [0.2, 0.25) is 5.91 Å². The fourth-order valence-electron chi connectivity index (χ4n) is 3.37. The van der Waals surface area contributed by atoms with Crippen molar-refractivity contribution in [2.24, 2.45) is 5.73 Å². The maximum atomic E-state index is 11.9. The van der Waals surface area contributed by atoms with E-state index >= 15 is 0 Å². The summed E-state index contributed by atoms with van der Waals surface area (Å²) in [5, 5.41) is 21.6. The summed E-state index contributed by atoms with van der Waals surface area (Å²) in [6, 6.07) is 18.9. The van der Waals surface area contributed by atoms with Crippen LogP contribution in [0.3, 0.4) is 0 Å². The second kappa shape index (κ2) is 6.81. The summed E-state index contributed by atoms with van der Waals surface area (Å²) >= 11 is 0. The number of nitrogens with two attached hydrogens (primary N) is 1. The number of benzene rings is 2. The van der Waals surface area contributed by atoms with E-state index in [-0.39, 0.29) is 6.61 Å². The molecule has 0 bridgehead atoms. The first-order valence-electron chi connectivity index (χ1n) is 8.83. The summed E-state index contributed by atoms with van der Waals surface area (Å²) in [5.74, 6) is 0.0603. The standard InChI is InChI=1S/C21H20N4O2/c22-20(27)15-7-4-8-17(19(15)21(13-26)11-12-21)23-18-10-9-16(24-25-18)14-5-2-1-3-6-14/h1-10,26H,11-13H2,(H2,22,27)(H,23,25). The maximum absolute atomic E-state index is 11.9. The molecule has 0 spiro atoms. The highest BCUT2D eigenvalue weighted by molar-refractivity contribution is 5.97. The molecule has 2 aromatic carbocycles. The molecule has 27 heavy (non-hydrogen) atoms. The van der Waals surface area contributed by atoms with E-state index in [4.69, 9.17) is 5.73 Å². The Balaban J connectivity index is 1.67. The summed E-state index contributed by atoms with van der Waals surface area (Å²) in [4.78, 5) is 11.9. The largest absolute Gasteiger partial charge is 0.395 e. The van der Waals surface area contributed by atoms with Crippen molar-refractivity contribution in [3.63, 3.8) is 0 Å². The normalized spacial score (nSPS) is 14.6. The monoisotopic (exact) mass is 360 g/mol.